The number of anilines is 1. The van der Waals surface area contributed by atoms with Gasteiger partial charge < -0.3 is 10.8 Å². The zero-order chi connectivity index (χ0) is 15.7. The van der Waals surface area contributed by atoms with E-state index >= 15 is 0 Å². The molecule has 0 fully saturated rings. The largest absolute Gasteiger partial charge is 0.398 e. The van der Waals surface area contributed by atoms with Gasteiger partial charge in [-0.05, 0) is 24.1 Å². The lowest BCUT2D eigenvalue weighted by Crippen LogP contribution is -2.29. The third kappa shape index (κ3) is 2.44. The molecule has 3 N–H and O–H groups in total. The first-order chi connectivity index (χ1) is 10.6. The molecule has 0 saturated heterocycles. The molecule has 114 valence electrons. The minimum absolute atomic E-state index is 0.139. The number of aryl methyl sites for hydroxylation is 1. The van der Waals surface area contributed by atoms with Crippen molar-refractivity contribution in [1.82, 2.24) is 24.4 Å². The van der Waals surface area contributed by atoms with Crippen LogP contribution in [-0.4, -0.2) is 36.1 Å². The zero-order valence-electron chi connectivity index (χ0n) is 12.1. The maximum atomic E-state index is 12.5. The Morgan fingerprint density at radius 3 is 2.91 bits per heavy atom. The number of aromatic nitrogens is 5. The van der Waals surface area contributed by atoms with Gasteiger partial charge in [0, 0.05) is 12.1 Å². The maximum absolute atomic E-state index is 12.5. The lowest BCUT2D eigenvalue weighted by atomic mass is 10.1. The fraction of sp³-hybridized carbons (Fsp3) is 0.286. The van der Waals surface area contributed by atoms with Gasteiger partial charge in [-0.25, -0.2) is 0 Å². The van der Waals surface area contributed by atoms with Crippen molar-refractivity contribution in [1.29, 1.82) is 0 Å². The number of rotatable bonds is 4. The molecular weight excluding hydrogens is 284 g/mol. The first-order valence-electron chi connectivity index (χ1n) is 6.85. The first kappa shape index (κ1) is 14.2. The molecule has 0 amide bonds. The summed E-state index contributed by atoms with van der Waals surface area (Å²) in [7, 11) is 0. The van der Waals surface area contributed by atoms with Crippen LogP contribution in [0.1, 0.15) is 16.8 Å². The van der Waals surface area contributed by atoms with E-state index in [0.29, 0.717) is 23.6 Å². The van der Waals surface area contributed by atoms with Crippen molar-refractivity contribution >= 4 is 11.5 Å². The second kappa shape index (κ2) is 5.57. The highest BCUT2D eigenvalue weighted by atomic mass is 16.3. The van der Waals surface area contributed by atoms with Gasteiger partial charge in [0.05, 0.1) is 13.2 Å². The maximum Gasteiger partial charge on any atom is 0.277 e. The van der Waals surface area contributed by atoms with E-state index in [1.54, 1.807) is 0 Å². The molecule has 2 aromatic heterocycles. The van der Waals surface area contributed by atoms with E-state index in [0.717, 1.165) is 11.1 Å². The van der Waals surface area contributed by atoms with E-state index in [1.165, 1.54) is 15.4 Å². The molecule has 0 aliphatic heterocycles. The predicted molar refractivity (Wildman–Crippen MR) is 80.5 cm³/mol. The van der Waals surface area contributed by atoms with Gasteiger partial charge in [0.2, 0.25) is 0 Å². The Labute approximate surface area is 125 Å². The number of benzene rings is 1. The molecule has 0 radical (unpaired) electrons. The normalized spacial score (nSPS) is 11.2. The van der Waals surface area contributed by atoms with Gasteiger partial charge in [-0.3, -0.25) is 9.36 Å². The summed E-state index contributed by atoms with van der Waals surface area (Å²) in [6.07, 6.45) is 1.73. The Morgan fingerprint density at radius 1 is 1.36 bits per heavy atom. The monoisotopic (exact) mass is 300 g/mol. The molecular formula is C14H16N6O2. The van der Waals surface area contributed by atoms with Gasteiger partial charge in [-0.15, -0.1) is 10.2 Å². The molecule has 0 aliphatic carbocycles. The van der Waals surface area contributed by atoms with E-state index in [-0.39, 0.29) is 18.7 Å². The average Bonchev–Trinajstić information content (AvgIpc) is 2.94. The molecule has 0 unspecified atom stereocenters. The van der Waals surface area contributed by atoms with Crippen LogP contribution in [0.25, 0.3) is 5.78 Å². The molecule has 8 heteroatoms. The van der Waals surface area contributed by atoms with Crippen LogP contribution in [0.3, 0.4) is 0 Å². The van der Waals surface area contributed by atoms with Crippen LogP contribution in [0.15, 0.2) is 29.3 Å². The third-order valence-electron chi connectivity index (χ3n) is 3.46. The van der Waals surface area contributed by atoms with Crippen LogP contribution in [0.5, 0.6) is 0 Å². The first-order valence-corrected chi connectivity index (χ1v) is 6.85. The van der Waals surface area contributed by atoms with Crippen LogP contribution in [-0.2, 0) is 13.0 Å². The molecule has 0 atom stereocenters. The molecule has 0 bridgehead atoms. The van der Waals surface area contributed by atoms with Crippen molar-refractivity contribution in [3.8, 4) is 0 Å². The second-order valence-corrected chi connectivity index (χ2v) is 5.08. The second-order valence-electron chi connectivity index (χ2n) is 5.08. The molecule has 1 aromatic carbocycles. The van der Waals surface area contributed by atoms with Crippen LogP contribution in [0.4, 0.5) is 5.69 Å². The number of aliphatic hydroxyl groups excluding tert-OH is 1. The fourth-order valence-corrected chi connectivity index (χ4v) is 2.36. The number of nitrogen functional groups attached to an aromatic ring is 1. The average molecular weight is 300 g/mol. The number of hydrogen-bond acceptors (Lipinski definition) is 6. The van der Waals surface area contributed by atoms with Gasteiger partial charge in [0.15, 0.2) is 0 Å². The number of hydrogen-bond donors (Lipinski definition) is 2. The van der Waals surface area contributed by atoms with Gasteiger partial charge >= 0.3 is 0 Å². The summed E-state index contributed by atoms with van der Waals surface area (Å²) in [6.45, 7) is 1.92. The Balaban J connectivity index is 2.10. The van der Waals surface area contributed by atoms with Crippen molar-refractivity contribution in [2.24, 2.45) is 0 Å². The summed E-state index contributed by atoms with van der Waals surface area (Å²) in [6, 6.07) is 5.69. The van der Waals surface area contributed by atoms with Gasteiger partial charge in [-0.1, -0.05) is 12.1 Å². The molecule has 22 heavy (non-hydrogen) atoms. The van der Waals surface area contributed by atoms with E-state index in [2.05, 4.69) is 15.3 Å². The molecule has 3 aromatic rings. The third-order valence-corrected chi connectivity index (χ3v) is 3.46. The Morgan fingerprint density at radius 2 is 2.18 bits per heavy atom. The molecule has 0 spiro atoms. The van der Waals surface area contributed by atoms with E-state index in [1.807, 2.05) is 25.1 Å². The Hall–Kier alpha value is -2.74. The topological polar surface area (TPSA) is 111 Å². The van der Waals surface area contributed by atoms with Crippen molar-refractivity contribution in [3.05, 3.63) is 51.7 Å². The highest BCUT2D eigenvalue weighted by Crippen LogP contribution is 2.16. The summed E-state index contributed by atoms with van der Waals surface area (Å²) in [5.41, 5.74) is 8.55. The lowest BCUT2D eigenvalue weighted by Gasteiger charge is -2.09. The van der Waals surface area contributed by atoms with Gasteiger partial charge in [0.25, 0.3) is 11.3 Å². The van der Waals surface area contributed by atoms with Crippen LogP contribution in [0.2, 0.25) is 0 Å². The number of aliphatic hydroxyl groups is 1. The van der Waals surface area contributed by atoms with Crippen molar-refractivity contribution in [2.45, 2.75) is 19.9 Å². The van der Waals surface area contributed by atoms with Crippen molar-refractivity contribution in [2.75, 3.05) is 12.3 Å². The summed E-state index contributed by atoms with van der Waals surface area (Å²) in [4.78, 5) is 12.5. The summed E-state index contributed by atoms with van der Waals surface area (Å²) in [5.74, 6) is 0.305. The summed E-state index contributed by atoms with van der Waals surface area (Å²) in [5, 5.41) is 21.0. The quantitative estimate of drug-likeness (QED) is 0.643. The standard InChI is InChI=1S/C14H16N6O2/c1-9-2-3-10(11(15)6-9)7-12-13(22)19(4-5-21)14-17-16-8-20(14)18-12/h2-3,6,8,21H,4-5,7,15H2,1H3. The van der Waals surface area contributed by atoms with Crippen LogP contribution in [0, 0.1) is 6.92 Å². The van der Waals surface area contributed by atoms with Crippen LogP contribution < -0.4 is 11.3 Å². The van der Waals surface area contributed by atoms with E-state index in [4.69, 9.17) is 10.8 Å². The van der Waals surface area contributed by atoms with Gasteiger partial charge in [0.1, 0.15) is 12.0 Å². The predicted octanol–water partition coefficient (Wildman–Crippen LogP) is -0.240. The van der Waals surface area contributed by atoms with Crippen LogP contribution >= 0.6 is 0 Å². The summed E-state index contributed by atoms with van der Waals surface area (Å²) < 4.78 is 2.79. The molecule has 0 aliphatic rings. The summed E-state index contributed by atoms with van der Waals surface area (Å²) >= 11 is 0. The minimum Gasteiger partial charge on any atom is -0.398 e. The highest BCUT2D eigenvalue weighted by molar-refractivity contribution is 5.50. The lowest BCUT2D eigenvalue weighted by molar-refractivity contribution is 0.274. The minimum atomic E-state index is -0.297. The molecule has 8 nitrogen and oxygen atoms in total. The number of nitrogens with zero attached hydrogens (tertiary/aromatic N) is 5. The highest BCUT2D eigenvalue weighted by Gasteiger charge is 2.14. The van der Waals surface area contributed by atoms with Gasteiger partial charge in [-0.2, -0.15) is 9.61 Å². The zero-order valence-corrected chi connectivity index (χ0v) is 12.1. The van der Waals surface area contributed by atoms with Crippen molar-refractivity contribution in [3.63, 3.8) is 0 Å². The SMILES string of the molecule is Cc1ccc(Cc2nn3cnnc3n(CCO)c2=O)c(N)c1. The Bertz CT molecular complexity index is 883. The number of fused-ring (bicyclic) bond motifs is 1. The van der Waals surface area contributed by atoms with E-state index < -0.39 is 0 Å². The number of nitrogens with two attached hydrogens (primary N) is 1. The smallest absolute Gasteiger partial charge is 0.277 e. The molecule has 3 rings (SSSR count). The molecule has 2 heterocycles. The fourth-order valence-electron chi connectivity index (χ4n) is 2.36. The van der Waals surface area contributed by atoms with E-state index in [9.17, 15) is 4.79 Å². The van der Waals surface area contributed by atoms with Crippen molar-refractivity contribution < 1.29 is 5.11 Å². The Kier molecular flexibility index (Phi) is 3.60. The molecule has 0 saturated carbocycles.